The van der Waals surface area contributed by atoms with Crippen LogP contribution in [0, 0.1) is 11.8 Å². The third-order valence-electron chi connectivity index (χ3n) is 2.23. The van der Waals surface area contributed by atoms with Crippen molar-refractivity contribution in [1.29, 1.82) is 0 Å². The first-order chi connectivity index (χ1) is 9.29. The molecule has 3 N–H and O–H groups in total. The lowest BCUT2D eigenvalue weighted by molar-refractivity contribution is 0.0950. The fourth-order valence-electron chi connectivity index (χ4n) is 1.38. The Morgan fingerprint density at radius 3 is 2.95 bits per heavy atom. The van der Waals surface area contributed by atoms with Gasteiger partial charge in [0.1, 0.15) is 6.33 Å². The summed E-state index contributed by atoms with van der Waals surface area (Å²) in [6.45, 7) is 0.804. The van der Waals surface area contributed by atoms with Crippen molar-refractivity contribution in [2.45, 2.75) is 6.54 Å². The van der Waals surface area contributed by atoms with E-state index < -0.39 is 0 Å². The van der Waals surface area contributed by atoms with Gasteiger partial charge in [0.25, 0.3) is 5.91 Å². The quantitative estimate of drug-likeness (QED) is 0.809. The molecule has 19 heavy (non-hydrogen) atoms. The zero-order valence-electron chi connectivity index (χ0n) is 10.1. The fourth-order valence-corrected chi connectivity index (χ4v) is 2.13. The zero-order chi connectivity index (χ0) is 13.5. The van der Waals surface area contributed by atoms with E-state index in [1.807, 2.05) is 11.4 Å². The van der Waals surface area contributed by atoms with Gasteiger partial charge >= 0.3 is 0 Å². The van der Waals surface area contributed by atoms with E-state index in [0.717, 1.165) is 10.4 Å². The number of rotatable bonds is 3. The molecule has 96 valence electrons. The monoisotopic (exact) mass is 272 g/mol. The third-order valence-corrected chi connectivity index (χ3v) is 3.17. The lowest BCUT2D eigenvalue weighted by Crippen LogP contribution is -2.22. The van der Waals surface area contributed by atoms with Crippen molar-refractivity contribution in [3.05, 3.63) is 46.2 Å². The van der Waals surface area contributed by atoms with Crippen LogP contribution in [0.2, 0.25) is 0 Å². The van der Waals surface area contributed by atoms with E-state index in [1.165, 1.54) is 18.7 Å². The predicted molar refractivity (Wildman–Crippen MR) is 73.5 cm³/mol. The molecule has 0 aromatic carbocycles. The molecule has 2 aromatic rings. The summed E-state index contributed by atoms with van der Waals surface area (Å²) in [6, 6.07) is 1.94. The molecule has 1 amide bonds. The van der Waals surface area contributed by atoms with Crippen LogP contribution in [0.15, 0.2) is 30.2 Å². The molecule has 2 heterocycles. The molecule has 2 rings (SSSR count). The fraction of sp³-hybridized carbons (Fsp3) is 0.154. The highest BCUT2D eigenvalue weighted by Gasteiger charge is 2.06. The summed E-state index contributed by atoms with van der Waals surface area (Å²) in [5.41, 5.74) is 6.67. The standard InChI is InChI=1S/C13H12N4OS/c14-3-1-2-10-4-12(19-8-10)7-17-13(18)11-5-15-9-16-6-11/h4-6,8-9H,3,7,14H2,(H,17,18). The molecule has 0 spiro atoms. The van der Waals surface area contributed by atoms with E-state index >= 15 is 0 Å². The molecule has 0 saturated heterocycles. The van der Waals surface area contributed by atoms with E-state index in [4.69, 9.17) is 5.73 Å². The van der Waals surface area contributed by atoms with Gasteiger partial charge < -0.3 is 11.1 Å². The molecule has 0 aliphatic heterocycles. The van der Waals surface area contributed by atoms with Gasteiger partial charge in [0, 0.05) is 28.2 Å². The van der Waals surface area contributed by atoms with Gasteiger partial charge in [0.2, 0.25) is 0 Å². The third kappa shape index (κ3) is 3.88. The Bertz CT molecular complexity index is 612. The minimum atomic E-state index is -0.191. The Morgan fingerprint density at radius 1 is 1.42 bits per heavy atom. The molecule has 0 aliphatic carbocycles. The van der Waals surface area contributed by atoms with E-state index in [1.54, 1.807) is 11.3 Å². The first-order valence-corrected chi connectivity index (χ1v) is 6.47. The smallest absolute Gasteiger partial charge is 0.254 e. The minimum Gasteiger partial charge on any atom is -0.347 e. The van der Waals surface area contributed by atoms with E-state index in [9.17, 15) is 4.79 Å². The molecular weight excluding hydrogens is 260 g/mol. The Hall–Kier alpha value is -2.23. The predicted octanol–water partition coefficient (Wildman–Crippen LogP) is 0.778. The molecule has 0 atom stereocenters. The van der Waals surface area contributed by atoms with Gasteiger partial charge in [-0.1, -0.05) is 11.8 Å². The summed E-state index contributed by atoms with van der Waals surface area (Å²) in [5, 5.41) is 4.74. The number of nitrogens with zero attached hydrogens (tertiary/aromatic N) is 2. The van der Waals surface area contributed by atoms with E-state index in [2.05, 4.69) is 27.1 Å². The normalized spacial score (nSPS) is 9.53. The summed E-state index contributed by atoms with van der Waals surface area (Å²) in [4.78, 5) is 20.4. The number of thiophene rings is 1. The average molecular weight is 272 g/mol. The molecule has 0 unspecified atom stereocenters. The SMILES string of the molecule is NCC#Cc1csc(CNC(=O)c2cncnc2)c1. The van der Waals surface area contributed by atoms with Gasteiger partial charge in [0.15, 0.2) is 0 Å². The Balaban J connectivity index is 1.92. The molecule has 0 radical (unpaired) electrons. The number of carbonyl (C=O) groups excluding carboxylic acids is 1. The number of nitrogens with two attached hydrogens (primary N) is 1. The molecule has 2 aromatic heterocycles. The molecule has 0 aliphatic rings. The Kier molecular flexibility index (Phi) is 4.61. The maximum absolute atomic E-state index is 11.8. The number of aromatic nitrogens is 2. The maximum atomic E-state index is 11.8. The van der Waals surface area contributed by atoms with Crippen molar-refractivity contribution < 1.29 is 4.79 Å². The second kappa shape index (κ2) is 6.64. The first kappa shape index (κ1) is 13.2. The van der Waals surface area contributed by atoms with Gasteiger partial charge in [-0.3, -0.25) is 4.79 Å². The van der Waals surface area contributed by atoms with Gasteiger partial charge in [0.05, 0.1) is 18.7 Å². The summed E-state index contributed by atoms with van der Waals surface area (Å²) in [7, 11) is 0. The maximum Gasteiger partial charge on any atom is 0.254 e. The van der Waals surface area contributed by atoms with Crippen LogP contribution in [0.3, 0.4) is 0 Å². The lowest BCUT2D eigenvalue weighted by Gasteiger charge is -2.01. The summed E-state index contributed by atoms with van der Waals surface area (Å²) >= 11 is 1.55. The van der Waals surface area contributed by atoms with Crippen LogP contribution in [0.4, 0.5) is 0 Å². The van der Waals surface area contributed by atoms with Crippen molar-refractivity contribution >= 4 is 17.2 Å². The first-order valence-electron chi connectivity index (χ1n) is 5.59. The van der Waals surface area contributed by atoms with E-state index in [-0.39, 0.29) is 5.91 Å². The van der Waals surface area contributed by atoms with E-state index in [0.29, 0.717) is 18.7 Å². The van der Waals surface area contributed by atoms with Crippen LogP contribution in [0.5, 0.6) is 0 Å². The molecule has 0 bridgehead atoms. The van der Waals surface area contributed by atoms with Crippen molar-refractivity contribution in [1.82, 2.24) is 15.3 Å². The number of amides is 1. The number of carbonyl (C=O) groups is 1. The number of nitrogens with one attached hydrogen (secondary N) is 1. The summed E-state index contributed by atoms with van der Waals surface area (Å²) in [6.07, 6.45) is 4.35. The van der Waals surface area contributed by atoms with Crippen molar-refractivity contribution in [3.63, 3.8) is 0 Å². The van der Waals surface area contributed by atoms with Crippen LogP contribution >= 0.6 is 11.3 Å². The largest absolute Gasteiger partial charge is 0.347 e. The second-order valence-electron chi connectivity index (χ2n) is 3.62. The second-order valence-corrected chi connectivity index (χ2v) is 4.61. The average Bonchev–Trinajstić information content (AvgIpc) is 2.91. The minimum absolute atomic E-state index is 0.191. The molecular formula is C13H12N4OS. The Labute approximate surface area is 114 Å². The topological polar surface area (TPSA) is 80.9 Å². The summed E-state index contributed by atoms with van der Waals surface area (Å²) < 4.78 is 0. The van der Waals surface area contributed by atoms with Gasteiger partial charge in [-0.05, 0) is 6.07 Å². The molecule has 0 fully saturated rings. The van der Waals surface area contributed by atoms with Crippen molar-refractivity contribution in [2.24, 2.45) is 5.73 Å². The van der Waals surface area contributed by atoms with Crippen molar-refractivity contribution in [2.75, 3.05) is 6.54 Å². The van der Waals surface area contributed by atoms with Gasteiger partial charge in [-0.25, -0.2) is 9.97 Å². The molecule has 5 nitrogen and oxygen atoms in total. The van der Waals surface area contributed by atoms with Crippen LogP contribution in [-0.4, -0.2) is 22.4 Å². The highest BCUT2D eigenvalue weighted by Crippen LogP contribution is 2.13. The molecule has 0 saturated carbocycles. The van der Waals surface area contributed by atoms with Crippen LogP contribution in [0.1, 0.15) is 20.8 Å². The number of hydrogen-bond acceptors (Lipinski definition) is 5. The van der Waals surface area contributed by atoms with Crippen molar-refractivity contribution in [3.8, 4) is 11.8 Å². The highest BCUT2D eigenvalue weighted by molar-refractivity contribution is 7.10. The summed E-state index contributed by atoms with van der Waals surface area (Å²) in [5.74, 6) is 5.54. The van der Waals surface area contributed by atoms with Gasteiger partial charge in [-0.15, -0.1) is 11.3 Å². The lowest BCUT2D eigenvalue weighted by atomic mass is 10.3. The highest BCUT2D eigenvalue weighted by atomic mass is 32.1. The van der Waals surface area contributed by atoms with Crippen LogP contribution < -0.4 is 11.1 Å². The zero-order valence-corrected chi connectivity index (χ0v) is 10.9. The molecule has 6 heteroatoms. The number of hydrogen-bond donors (Lipinski definition) is 2. The van der Waals surface area contributed by atoms with Crippen LogP contribution in [-0.2, 0) is 6.54 Å². The van der Waals surface area contributed by atoms with Crippen LogP contribution in [0.25, 0.3) is 0 Å². The Morgan fingerprint density at radius 2 is 2.21 bits per heavy atom. The van der Waals surface area contributed by atoms with Gasteiger partial charge in [-0.2, -0.15) is 0 Å².